The molecule has 0 atom stereocenters. The summed E-state index contributed by atoms with van der Waals surface area (Å²) < 4.78 is 0. The molecule has 29 heavy (non-hydrogen) atoms. The van der Waals surface area contributed by atoms with Crippen LogP contribution >= 0.6 is 0 Å². The first-order chi connectivity index (χ1) is 14.0. The quantitative estimate of drug-likeness (QED) is 0.495. The van der Waals surface area contributed by atoms with Crippen molar-refractivity contribution in [3.63, 3.8) is 0 Å². The molecule has 0 aliphatic rings. The Labute approximate surface area is 171 Å². The Morgan fingerprint density at radius 1 is 1.00 bits per heavy atom. The number of aryl methyl sites for hydroxylation is 3. The van der Waals surface area contributed by atoms with Gasteiger partial charge < -0.3 is 5.32 Å². The van der Waals surface area contributed by atoms with Gasteiger partial charge in [0.15, 0.2) is 0 Å². The fraction of sp³-hybridized carbons (Fsp3) is 0.208. The number of amides is 1. The van der Waals surface area contributed by atoms with E-state index in [9.17, 15) is 4.79 Å². The molecule has 0 aliphatic heterocycles. The van der Waals surface area contributed by atoms with E-state index in [0.29, 0.717) is 18.1 Å². The summed E-state index contributed by atoms with van der Waals surface area (Å²) >= 11 is 0. The fourth-order valence-corrected chi connectivity index (χ4v) is 2.84. The second kappa shape index (κ2) is 9.64. The number of hydrogen-bond acceptors (Lipinski definition) is 3. The number of hydrogen-bond donors (Lipinski definition) is 2. The summed E-state index contributed by atoms with van der Waals surface area (Å²) in [5.41, 5.74) is 5.90. The molecule has 5 heteroatoms. The molecule has 1 heterocycles. The van der Waals surface area contributed by atoms with Crippen molar-refractivity contribution in [1.82, 2.24) is 10.3 Å². The highest BCUT2D eigenvalue weighted by Crippen LogP contribution is 2.12. The van der Waals surface area contributed by atoms with Gasteiger partial charge in [0.1, 0.15) is 0 Å². The zero-order valence-electron chi connectivity index (χ0n) is 17.1. The Balaban J connectivity index is 1.82. The third-order valence-corrected chi connectivity index (χ3v) is 4.74. The molecule has 0 bridgehead atoms. The van der Waals surface area contributed by atoms with E-state index in [2.05, 4.69) is 39.7 Å². The van der Waals surface area contributed by atoms with Crippen molar-refractivity contribution in [2.75, 3.05) is 5.32 Å². The smallest absolute Gasteiger partial charge is 0.257 e. The summed E-state index contributed by atoms with van der Waals surface area (Å²) in [4.78, 5) is 21.5. The molecule has 148 valence electrons. The number of pyridine rings is 1. The summed E-state index contributed by atoms with van der Waals surface area (Å²) in [5.74, 6) is 0.211. The van der Waals surface area contributed by atoms with E-state index < -0.39 is 0 Å². The third-order valence-electron chi connectivity index (χ3n) is 4.74. The minimum Gasteiger partial charge on any atom is -0.326 e. The lowest BCUT2D eigenvalue weighted by Gasteiger charge is -2.13. The molecule has 3 rings (SSSR count). The van der Waals surface area contributed by atoms with Crippen molar-refractivity contribution in [1.29, 1.82) is 0 Å². The molecule has 0 spiro atoms. The van der Waals surface area contributed by atoms with Crippen molar-refractivity contribution in [2.24, 2.45) is 4.99 Å². The van der Waals surface area contributed by atoms with E-state index in [1.54, 1.807) is 12.4 Å². The van der Waals surface area contributed by atoms with Crippen LogP contribution in [0.3, 0.4) is 0 Å². The second-order valence-corrected chi connectivity index (χ2v) is 6.96. The highest BCUT2D eigenvalue weighted by atomic mass is 16.1. The molecule has 0 aliphatic carbocycles. The highest BCUT2D eigenvalue weighted by Gasteiger charge is 2.11. The highest BCUT2D eigenvalue weighted by molar-refractivity contribution is 6.10. The molecule has 1 amide bonds. The molecule has 0 saturated heterocycles. The van der Waals surface area contributed by atoms with Gasteiger partial charge in [-0.05, 0) is 72.9 Å². The fourth-order valence-electron chi connectivity index (χ4n) is 2.84. The first-order valence-corrected chi connectivity index (χ1v) is 9.73. The minimum absolute atomic E-state index is 0.197. The van der Waals surface area contributed by atoms with Crippen LogP contribution in [0.1, 0.15) is 39.5 Å². The number of guanidine groups is 1. The van der Waals surface area contributed by atoms with Crippen LogP contribution in [-0.2, 0) is 13.0 Å². The number of nitrogens with zero attached hydrogens (tertiary/aromatic N) is 2. The Morgan fingerprint density at radius 3 is 2.55 bits per heavy atom. The van der Waals surface area contributed by atoms with Gasteiger partial charge in [0, 0.05) is 23.6 Å². The van der Waals surface area contributed by atoms with Gasteiger partial charge in [0.05, 0.1) is 6.54 Å². The van der Waals surface area contributed by atoms with E-state index in [-0.39, 0.29) is 5.91 Å². The summed E-state index contributed by atoms with van der Waals surface area (Å²) in [6.07, 6.45) is 4.43. The van der Waals surface area contributed by atoms with E-state index in [0.717, 1.165) is 28.8 Å². The lowest BCUT2D eigenvalue weighted by molar-refractivity contribution is 0.0977. The Kier molecular flexibility index (Phi) is 6.74. The first-order valence-electron chi connectivity index (χ1n) is 9.73. The van der Waals surface area contributed by atoms with Crippen molar-refractivity contribution in [3.05, 3.63) is 94.8 Å². The second-order valence-electron chi connectivity index (χ2n) is 6.96. The van der Waals surface area contributed by atoms with Gasteiger partial charge in [0.2, 0.25) is 5.96 Å². The molecule has 2 N–H and O–H groups in total. The lowest BCUT2D eigenvalue weighted by Crippen LogP contribution is -2.36. The molecular formula is C24H26N4O. The minimum atomic E-state index is -0.197. The van der Waals surface area contributed by atoms with Crippen molar-refractivity contribution in [3.8, 4) is 0 Å². The SMILES string of the molecule is CCc1cccc(NC(=NCc2cccnc2)NC(=O)c2ccc(C)c(C)c2)c1. The number of aromatic nitrogens is 1. The molecule has 0 unspecified atom stereocenters. The molecule has 0 fully saturated rings. The van der Waals surface area contributed by atoms with Crippen LogP contribution in [0.4, 0.5) is 5.69 Å². The monoisotopic (exact) mass is 386 g/mol. The first kappa shape index (κ1) is 20.3. The molecule has 2 aromatic carbocycles. The number of rotatable bonds is 5. The predicted molar refractivity (Wildman–Crippen MR) is 118 cm³/mol. The number of carbonyl (C=O) groups excluding carboxylic acids is 1. The number of aliphatic imine (C=N–C) groups is 1. The van der Waals surface area contributed by atoms with Gasteiger partial charge >= 0.3 is 0 Å². The maximum atomic E-state index is 12.8. The third kappa shape index (κ3) is 5.75. The molecule has 1 aromatic heterocycles. The zero-order chi connectivity index (χ0) is 20.6. The summed E-state index contributed by atoms with van der Waals surface area (Å²) in [7, 11) is 0. The number of carbonyl (C=O) groups is 1. The average Bonchev–Trinajstić information content (AvgIpc) is 2.74. The zero-order valence-corrected chi connectivity index (χ0v) is 17.1. The molecular weight excluding hydrogens is 360 g/mol. The lowest BCUT2D eigenvalue weighted by atomic mass is 10.1. The van der Waals surface area contributed by atoms with E-state index in [1.165, 1.54) is 5.56 Å². The molecule has 0 radical (unpaired) electrons. The van der Waals surface area contributed by atoms with E-state index in [1.807, 2.05) is 56.3 Å². The van der Waals surface area contributed by atoms with Crippen LogP contribution in [0.5, 0.6) is 0 Å². The van der Waals surface area contributed by atoms with Gasteiger partial charge in [-0.25, -0.2) is 4.99 Å². The number of nitrogens with one attached hydrogen (secondary N) is 2. The predicted octanol–water partition coefficient (Wildman–Crippen LogP) is 4.66. The van der Waals surface area contributed by atoms with Gasteiger partial charge in [-0.3, -0.25) is 15.1 Å². The number of benzene rings is 2. The standard InChI is InChI=1S/C24H26N4O/c1-4-19-7-5-9-22(14-19)27-24(26-16-20-8-6-12-25-15-20)28-23(29)21-11-10-17(2)18(3)13-21/h5-15H,4,16H2,1-3H3,(H2,26,27,28,29). The summed E-state index contributed by atoms with van der Waals surface area (Å²) in [6.45, 7) is 6.55. The van der Waals surface area contributed by atoms with Crippen molar-refractivity contribution >= 4 is 17.6 Å². The van der Waals surface area contributed by atoms with Crippen LogP contribution < -0.4 is 10.6 Å². The Hall–Kier alpha value is -3.47. The van der Waals surface area contributed by atoms with E-state index >= 15 is 0 Å². The maximum absolute atomic E-state index is 12.8. The van der Waals surface area contributed by atoms with Crippen LogP contribution in [0.25, 0.3) is 0 Å². The average molecular weight is 386 g/mol. The summed E-state index contributed by atoms with van der Waals surface area (Å²) in [5, 5.41) is 6.16. The van der Waals surface area contributed by atoms with Gasteiger partial charge in [-0.1, -0.05) is 31.2 Å². The van der Waals surface area contributed by atoms with E-state index in [4.69, 9.17) is 0 Å². The van der Waals surface area contributed by atoms with Crippen LogP contribution in [0.15, 0.2) is 72.0 Å². The summed E-state index contributed by atoms with van der Waals surface area (Å²) in [6, 6.07) is 17.6. The number of anilines is 1. The molecule has 5 nitrogen and oxygen atoms in total. The van der Waals surface area contributed by atoms with Gasteiger partial charge in [-0.15, -0.1) is 0 Å². The van der Waals surface area contributed by atoms with Gasteiger partial charge in [0.25, 0.3) is 5.91 Å². The maximum Gasteiger partial charge on any atom is 0.257 e. The van der Waals surface area contributed by atoms with Crippen LogP contribution in [-0.4, -0.2) is 16.9 Å². The van der Waals surface area contributed by atoms with Gasteiger partial charge in [-0.2, -0.15) is 0 Å². The molecule has 3 aromatic rings. The Morgan fingerprint density at radius 2 is 1.83 bits per heavy atom. The topological polar surface area (TPSA) is 66.4 Å². The Bertz CT molecular complexity index is 1010. The largest absolute Gasteiger partial charge is 0.326 e. The molecule has 0 saturated carbocycles. The van der Waals surface area contributed by atoms with Crippen LogP contribution in [0, 0.1) is 13.8 Å². The normalized spacial score (nSPS) is 11.2. The van der Waals surface area contributed by atoms with Crippen LogP contribution in [0.2, 0.25) is 0 Å². The van der Waals surface area contributed by atoms with Crippen molar-refractivity contribution in [2.45, 2.75) is 33.7 Å². The van der Waals surface area contributed by atoms with Crippen molar-refractivity contribution < 1.29 is 4.79 Å².